The molecule has 2 aromatic carbocycles. The van der Waals surface area contributed by atoms with E-state index in [1.165, 1.54) is 0 Å². The Morgan fingerprint density at radius 3 is 2.00 bits per heavy atom. The molecule has 0 aliphatic carbocycles. The van der Waals surface area contributed by atoms with Crippen molar-refractivity contribution >= 4 is 17.6 Å². The third-order valence-corrected chi connectivity index (χ3v) is 5.67. The van der Waals surface area contributed by atoms with Gasteiger partial charge in [-0.15, -0.1) is 0 Å². The zero-order chi connectivity index (χ0) is 23.1. The lowest BCUT2D eigenvalue weighted by atomic mass is 10.0. The molecule has 1 fully saturated rings. The number of rotatable bonds is 7. The van der Waals surface area contributed by atoms with Gasteiger partial charge in [-0.2, -0.15) is 0 Å². The fourth-order valence-electron chi connectivity index (χ4n) is 3.75. The summed E-state index contributed by atoms with van der Waals surface area (Å²) in [6.07, 6.45) is 1.04. The second kappa shape index (κ2) is 10.8. The number of carbonyl (C=O) groups is 3. The van der Waals surface area contributed by atoms with Crippen molar-refractivity contribution in [3.8, 4) is 11.5 Å². The summed E-state index contributed by atoms with van der Waals surface area (Å²) in [5.41, 5.74) is 2.21. The summed E-state index contributed by atoms with van der Waals surface area (Å²) in [6, 6.07) is 12.5. The van der Waals surface area contributed by atoms with Crippen LogP contribution < -0.4 is 9.47 Å². The molecule has 7 heteroatoms. The highest BCUT2D eigenvalue weighted by molar-refractivity contribution is 5.98. The summed E-state index contributed by atoms with van der Waals surface area (Å²) in [6.45, 7) is 3.99. The predicted molar refractivity (Wildman–Crippen MR) is 121 cm³/mol. The summed E-state index contributed by atoms with van der Waals surface area (Å²) in [5, 5.41) is 0. The lowest BCUT2D eigenvalue weighted by Crippen LogP contribution is -2.37. The molecular formula is C25H30N2O5. The molecule has 0 unspecified atom stereocenters. The van der Waals surface area contributed by atoms with Gasteiger partial charge in [-0.3, -0.25) is 14.4 Å². The summed E-state index contributed by atoms with van der Waals surface area (Å²) in [7, 11) is 3.09. The van der Waals surface area contributed by atoms with Crippen LogP contribution in [-0.2, 0) is 4.79 Å². The Morgan fingerprint density at radius 2 is 1.38 bits per heavy atom. The van der Waals surface area contributed by atoms with E-state index in [1.807, 2.05) is 19.1 Å². The maximum atomic E-state index is 13.0. The van der Waals surface area contributed by atoms with Gasteiger partial charge in [0.05, 0.1) is 14.2 Å². The third-order valence-electron chi connectivity index (χ3n) is 5.67. The van der Waals surface area contributed by atoms with Crippen LogP contribution in [0.4, 0.5) is 0 Å². The van der Waals surface area contributed by atoms with Crippen LogP contribution in [0, 0.1) is 6.92 Å². The van der Waals surface area contributed by atoms with E-state index < -0.39 is 0 Å². The predicted octanol–water partition coefficient (Wildman–Crippen LogP) is 3.35. The van der Waals surface area contributed by atoms with Crippen molar-refractivity contribution in [2.75, 3.05) is 40.4 Å². The molecule has 1 saturated heterocycles. The van der Waals surface area contributed by atoms with Crippen molar-refractivity contribution in [3.05, 3.63) is 59.2 Å². The van der Waals surface area contributed by atoms with Gasteiger partial charge < -0.3 is 19.3 Å². The smallest absolute Gasteiger partial charge is 0.254 e. The van der Waals surface area contributed by atoms with Gasteiger partial charge in [-0.25, -0.2) is 0 Å². The molecule has 0 spiro atoms. The molecular weight excluding hydrogens is 408 g/mol. The minimum Gasteiger partial charge on any atom is -0.497 e. The topological polar surface area (TPSA) is 76.2 Å². The number of benzene rings is 2. The largest absolute Gasteiger partial charge is 0.497 e. The average Bonchev–Trinajstić information content (AvgIpc) is 3.08. The van der Waals surface area contributed by atoms with E-state index in [1.54, 1.807) is 54.4 Å². The molecule has 0 N–H and O–H groups in total. The van der Waals surface area contributed by atoms with Crippen LogP contribution >= 0.6 is 0 Å². The van der Waals surface area contributed by atoms with E-state index in [0.717, 1.165) is 5.56 Å². The number of nitrogens with zero attached hydrogens (tertiary/aromatic N) is 2. The van der Waals surface area contributed by atoms with Crippen molar-refractivity contribution in [2.24, 2.45) is 0 Å². The standard InChI is InChI=1S/C25H30N2O5/c1-18-5-7-19(8-6-18)23(28)9-10-24(29)26-11-4-12-27(14-13-26)25(30)20-15-21(31-2)17-22(16-20)32-3/h5-8,15-17H,4,9-14H2,1-3H3. The minimum absolute atomic E-state index is 0.0306. The molecule has 170 valence electrons. The van der Waals surface area contributed by atoms with Crippen LogP contribution in [0.3, 0.4) is 0 Å². The van der Waals surface area contributed by atoms with E-state index in [0.29, 0.717) is 55.2 Å². The summed E-state index contributed by atoms with van der Waals surface area (Å²) >= 11 is 0. The van der Waals surface area contributed by atoms with Gasteiger partial charge in [0.1, 0.15) is 11.5 Å². The van der Waals surface area contributed by atoms with E-state index in [2.05, 4.69) is 0 Å². The summed E-state index contributed by atoms with van der Waals surface area (Å²) < 4.78 is 10.5. The Labute approximate surface area is 188 Å². The number of aryl methyl sites for hydroxylation is 1. The van der Waals surface area contributed by atoms with Crippen molar-refractivity contribution < 1.29 is 23.9 Å². The summed E-state index contributed by atoms with van der Waals surface area (Å²) in [5.74, 6) is 0.904. The second-order valence-electron chi connectivity index (χ2n) is 7.92. The first-order valence-electron chi connectivity index (χ1n) is 10.8. The minimum atomic E-state index is -0.119. The molecule has 0 atom stereocenters. The molecule has 2 aromatic rings. The number of ether oxygens (including phenoxy) is 2. The first kappa shape index (κ1) is 23.3. The molecule has 7 nitrogen and oxygen atoms in total. The fraction of sp³-hybridized carbons (Fsp3) is 0.400. The van der Waals surface area contributed by atoms with Crippen LogP contribution in [0.25, 0.3) is 0 Å². The Hall–Kier alpha value is -3.35. The van der Waals surface area contributed by atoms with Gasteiger partial charge in [0, 0.05) is 56.2 Å². The van der Waals surface area contributed by atoms with Gasteiger partial charge in [0.15, 0.2) is 5.78 Å². The highest BCUT2D eigenvalue weighted by Crippen LogP contribution is 2.24. The Bertz CT molecular complexity index is 949. The first-order valence-corrected chi connectivity index (χ1v) is 10.8. The van der Waals surface area contributed by atoms with Gasteiger partial charge in [0.2, 0.25) is 5.91 Å². The molecule has 0 aromatic heterocycles. The number of ketones is 1. The van der Waals surface area contributed by atoms with E-state index in [-0.39, 0.29) is 30.4 Å². The van der Waals surface area contributed by atoms with Crippen molar-refractivity contribution in [2.45, 2.75) is 26.2 Å². The van der Waals surface area contributed by atoms with Gasteiger partial charge in [-0.1, -0.05) is 29.8 Å². The van der Waals surface area contributed by atoms with Crippen LogP contribution in [0.5, 0.6) is 11.5 Å². The molecule has 1 heterocycles. The van der Waals surface area contributed by atoms with Crippen LogP contribution in [0.1, 0.15) is 45.5 Å². The molecule has 0 saturated carbocycles. The van der Waals surface area contributed by atoms with E-state index >= 15 is 0 Å². The van der Waals surface area contributed by atoms with Crippen LogP contribution in [0.2, 0.25) is 0 Å². The first-order chi connectivity index (χ1) is 15.4. The average molecular weight is 439 g/mol. The van der Waals surface area contributed by atoms with Gasteiger partial charge in [-0.05, 0) is 25.5 Å². The van der Waals surface area contributed by atoms with Crippen molar-refractivity contribution in [3.63, 3.8) is 0 Å². The summed E-state index contributed by atoms with van der Waals surface area (Å²) in [4.78, 5) is 41.6. The number of hydrogen-bond acceptors (Lipinski definition) is 5. The van der Waals surface area contributed by atoms with E-state index in [4.69, 9.17) is 9.47 Å². The highest BCUT2D eigenvalue weighted by atomic mass is 16.5. The Morgan fingerprint density at radius 1 is 0.781 bits per heavy atom. The maximum absolute atomic E-state index is 13.0. The molecule has 2 amide bonds. The molecule has 0 bridgehead atoms. The van der Waals surface area contributed by atoms with E-state index in [9.17, 15) is 14.4 Å². The lowest BCUT2D eigenvalue weighted by molar-refractivity contribution is -0.131. The van der Waals surface area contributed by atoms with Gasteiger partial charge >= 0.3 is 0 Å². The van der Waals surface area contributed by atoms with Crippen molar-refractivity contribution in [1.82, 2.24) is 9.80 Å². The monoisotopic (exact) mass is 438 g/mol. The maximum Gasteiger partial charge on any atom is 0.254 e. The third kappa shape index (κ3) is 5.87. The molecule has 0 radical (unpaired) electrons. The quantitative estimate of drug-likeness (QED) is 0.620. The van der Waals surface area contributed by atoms with Crippen LogP contribution in [0.15, 0.2) is 42.5 Å². The fourth-order valence-corrected chi connectivity index (χ4v) is 3.75. The number of Topliss-reactive ketones (excluding diaryl/α,β-unsaturated/α-hetero) is 1. The number of amides is 2. The number of methoxy groups -OCH3 is 2. The zero-order valence-corrected chi connectivity index (χ0v) is 18.9. The second-order valence-corrected chi connectivity index (χ2v) is 7.92. The highest BCUT2D eigenvalue weighted by Gasteiger charge is 2.24. The van der Waals surface area contributed by atoms with Gasteiger partial charge in [0.25, 0.3) is 5.91 Å². The SMILES string of the molecule is COc1cc(OC)cc(C(=O)N2CCCN(C(=O)CCC(=O)c3ccc(C)cc3)CC2)c1. The van der Waals surface area contributed by atoms with Crippen LogP contribution in [-0.4, -0.2) is 67.8 Å². The molecule has 3 rings (SSSR count). The normalized spacial score (nSPS) is 14.0. The molecule has 32 heavy (non-hydrogen) atoms. The van der Waals surface area contributed by atoms with Crippen molar-refractivity contribution in [1.29, 1.82) is 0 Å². The number of carbonyl (C=O) groups excluding carboxylic acids is 3. The Balaban J connectivity index is 1.56. The lowest BCUT2D eigenvalue weighted by Gasteiger charge is -2.22. The molecule has 1 aliphatic heterocycles. The molecule has 1 aliphatic rings. The Kier molecular flexibility index (Phi) is 7.87. The zero-order valence-electron chi connectivity index (χ0n) is 18.9. The number of hydrogen-bond donors (Lipinski definition) is 0.